The van der Waals surface area contributed by atoms with Gasteiger partial charge in [0.1, 0.15) is 17.5 Å². The third kappa shape index (κ3) is 4.95. The second kappa shape index (κ2) is 7.95. The number of nitrogens with one attached hydrogen (secondary N) is 2. The zero-order valence-corrected chi connectivity index (χ0v) is 14.9. The molecule has 0 aliphatic rings. The van der Waals surface area contributed by atoms with Crippen LogP contribution in [-0.4, -0.2) is 16.5 Å². The minimum atomic E-state index is 0.683. The van der Waals surface area contributed by atoms with Gasteiger partial charge in [0.2, 0.25) is 0 Å². The van der Waals surface area contributed by atoms with Crippen molar-refractivity contribution in [2.45, 2.75) is 47.5 Å². The maximum absolute atomic E-state index is 4.53. The van der Waals surface area contributed by atoms with Crippen LogP contribution in [0, 0.1) is 19.8 Å². The summed E-state index contributed by atoms with van der Waals surface area (Å²) in [5.41, 5.74) is 3.69. The van der Waals surface area contributed by atoms with Crippen molar-refractivity contribution in [3.8, 4) is 0 Å². The summed E-state index contributed by atoms with van der Waals surface area (Å²) in [5, 5.41) is 6.88. The molecule has 1 heterocycles. The molecule has 1 aromatic heterocycles. The molecular formula is C19H28N4. The Morgan fingerprint density at radius 3 is 2.52 bits per heavy atom. The van der Waals surface area contributed by atoms with Gasteiger partial charge >= 0.3 is 0 Å². The predicted molar refractivity (Wildman–Crippen MR) is 98.6 cm³/mol. The van der Waals surface area contributed by atoms with Crippen molar-refractivity contribution in [2.75, 3.05) is 17.2 Å². The molecule has 23 heavy (non-hydrogen) atoms. The predicted octanol–water partition coefficient (Wildman–Crippen LogP) is 4.86. The fraction of sp³-hybridized carbons (Fsp3) is 0.474. The molecule has 0 amide bonds. The third-order valence-electron chi connectivity index (χ3n) is 3.86. The number of benzene rings is 1. The van der Waals surface area contributed by atoms with Gasteiger partial charge in [-0.3, -0.25) is 0 Å². The molecule has 0 spiro atoms. The summed E-state index contributed by atoms with van der Waals surface area (Å²) < 4.78 is 0. The van der Waals surface area contributed by atoms with Crippen LogP contribution < -0.4 is 10.6 Å². The molecule has 0 saturated carbocycles. The van der Waals surface area contributed by atoms with Crippen molar-refractivity contribution in [2.24, 2.45) is 5.92 Å². The second-order valence-electron chi connectivity index (χ2n) is 6.38. The highest BCUT2D eigenvalue weighted by atomic mass is 15.1. The Balaban J connectivity index is 2.19. The molecule has 2 rings (SSSR count). The van der Waals surface area contributed by atoms with Gasteiger partial charge in [-0.15, -0.1) is 0 Å². The first-order valence-corrected chi connectivity index (χ1v) is 8.44. The first-order chi connectivity index (χ1) is 11.0. The van der Waals surface area contributed by atoms with E-state index in [1.165, 1.54) is 11.1 Å². The topological polar surface area (TPSA) is 49.8 Å². The number of aryl methyl sites for hydroxylation is 3. The van der Waals surface area contributed by atoms with E-state index in [9.17, 15) is 0 Å². The minimum Gasteiger partial charge on any atom is -0.370 e. The highest BCUT2D eigenvalue weighted by molar-refractivity contribution is 5.66. The molecule has 0 fully saturated rings. The summed E-state index contributed by atoms with van der Waals surface area (Å²) in [4.78, 5) is 9.00. The molecule has 0 aliphatic carbocycles. The van der Waals surface area contributed by atoms with Gasteiger partial charge < -0.3 is 10.6 Å². The van der Waals surface area contributed by atoms with E-state index in [0.717, 1.165) is 42.5 Å². The number of nitrogens with zero attached hydrogens (tertiary/aromatic N) is 2. The van der Waals surface area contributed by atoms with Gasteiger partial charge in [0, 0.05) is 18.3 Å². The van der Waals surface area contributed by atoms with Crippen molar-refractivity contribution in [1.82, 2.24) is 9.97 Å². The zero-order valence-electron chi connectivity index (χ0n) is 14.9. The molecule has 2 aromatic rings. The lowest BCUT2D eigenvalue weighted by Gasteiger charge is -2.15. The molecule has 0 saturated heterocycles. The number of hydrogen-bond donors (Lipinski definition) is 2. The lowest BCUT2D eigenvalue weighted by Crippen LogP contribution is -2.08. The van der Waals surface area contributed by atoms with Crippen LogP contribution in [0.3, 0.4) is 0 Å². The number of rotatable bonds is 7. The minimum absolute atomic E-state index is 0.683. The monoisotopic (exact) mass is 312 g/mol. The molecular weight excluding hydrogens is 284 g/mol. The van der Waals surface area contributed by atoms with Gasteiger partial charge in [0.05, 0.1) is 0 Å². The van der Waals surface area contributed by atoms with Crippen LogP contribution in [0.25, 0.3) is 0 Å². The fourth-order valence-electron chi connectivity index (χ4n) is 2.54. The van der Waals surface area contributed by atoms with E-state index >= 15 is 0 Å². The quantitative estimate of drug-likeness (QED) is 0.766. The first-order valence-electron chi connectivity index (χ1n) is 8.44. The van der Waals surface area contributed by atoms with Crippen LogP contribution in [0.2, 0.25) is 0 Å². The molecule has 0 bridgehead atoms. The Bertz CT molecular complexity index is 650. The van der Waals surface area contributed by atoms with E-state index in [1.54, 1.807) is 0 Å². The van der Waals surface area contributed by atoms with Crippen LogP contribution in [0.1, 0.15) is 44.1 Å². The van der Waals surface area contributed by atoms with Crippen LogP contribution in [0.4, 0.5) is 17.3 Å². The molecule has 1 aromatic carbocycles. The zero-order chi connectivity index (χ0) is 16.8. The summed E-state index contributed by atoms with van der Waals surface area (Å²) in [6.45, 7) is 11.6. The smallest absolute Gasteiger partial charge is 0.136 e. The van der Waals surface area contributed by atoms with Gasteiger partial charge in [-0.25, -0.2) is 9.97 Å². The van der Waals surface area contributed by atoms with Gasteiger partial charge in [0.25, 0.3) is 0 Å². The lowest BCUT2D eigenvalue weighted by atomic mass is 10.1. The number of aromatic nitrogens is 2. The number of para-hydroxylation sites is 1. The summed E-state index contributed by atoms with van der Waals surface area (Å²) >= 11 is 0. The fourth-order valence-corrected chi connectivity index (χ4v) is 2.54. The Morgan fingerprint density at radius 2 is 1.83 bits per heavy atom. The van der Waals surface area contributed by atoms with E-state index in [1.807, 2.05) is 13.0 Å². The van der Waals surface area contributed by atoms with E-state index in [-0.39, 0.29) is 0 Å². The normalized spacial score (nSPS) is 10.9. The molecule has 0 unspecified atom stereocenters. The van der Waals surface area contributed by atoms with Crippen molar-refractivity contribution >= 4 is 17.3 Å². The molecule has 0 aliphatic heterocycles. The maximum atomic E-state index is 4.53. The molecule has 0 radical (unpaired) electrons. The Hall–Kier alpha value is -2.10. The third-order valence-corrected chi connectivity index (χ3v) is 3.86. The summed E-state index contributed by atoms with van der Waals surface area (Å²) in [6.07, 6.45) is 2.12. The summed E-state index contributed by atoms with van der Waals surface area (Å²) in [7, 11) is 0. The van der Waals surface area contributed by atoms with Crippen molar-refractivity contribution in [1.29, 1.82) is 0 Å². The Kier molecular flexibility index (Phi) is 5.97. The standard InChI is InChI=1S/C19H28N4/c1-6-16-9-7-8-14(4)19(16)23-18-12-17(21-15(5)22-18)20-11-10-13(2)3/h7-9,12-13H,6,10-11H2,1-5H3,(H2,20,21,22,23). The average Bonchev–Trinajstić information content (AvgIpc) is 2.48. The van der Waals surface area contributed by atoms with Crippen LogP contribution in [0.15, 0.2) is 24.3 Å². The van der Waals surface area contributed by atoms with E-state index in [0.29, 0.717) is 5.92 Å². The molecule has 2 N–H and O–H groups in total. The van der Waals surface area contributed by atoms with Crippen molar-refractivity contribution < 1.29 is 0 Å². The van der Waals surface area contributed by atoms with Gasteiger partial charge in [-0.2, -0.15) is 0 Å². The SMILES string of the molecule is CCc1cccc(C)c1Nc1cc(NCCC(C)C)nc(C)n1. The average molecular weight is 312 g/mol. The van der Waals surface area contributed by atoms with Gasteiger partial charge in [0.15, 0.2) is 0 Å². The van der Waals surface area contributed by atoms with Crippen molar-refractivity contribution in [3.05, 3.63) is 41.2 Å². The lowest BCUT2D eigenvalue weighted by molar-refractivity contribution is 0.606. The molecule has 0 atom stereocenters. The van der Waals surface area contributed by atoms with Crippen LogP contribution >= 0.6 is 0 Å². The van der Waals surface area contributed by atoms with E-state index in [4.69, 9.17) is 0 Å². The Morgan fingerprint density at radius 1 is 1.09 bits per heavy atom. The van der Waals surface area contributed by atoms with Crippen LogP contribution in [0.5, 0.6) is 0 Å². The second-order valence-corrected chi connectivity index (χ2v) is 6.38. The summed E-state index contributed by atoms with van der Waals surface area (Å²) in [5.74, 6) is 3.18. The van der Waals surface area contributed by atoms with Gasteiger partial charge in [-0.05, 0) is 43.7 Å². The molecule has 4 heteroatoms. The van der Waals surface area contributed by atoms with Crippen molar-refractivity contribution in [3.63, 3.8) is 0 Å². The largest absolute Gasteiger partial charge is 0.370 e. The maximum Gasteiger partial charge on any atom is 0.136 e. The Labute approximate surface area is 139 Å². The van der Waals surface area contributed by atoms with E-state index in [2.05, 4.69) is 66.5 Å². The summed E-state index contributed by atoms with van der Waals surface area (Å²) in [6, 6.07) is 8.37. The highest BCUT2D eigenvalue weighted by Gasteiger charge is 2.07. The molecule has 124 valence electrons. The number of anilines is 3. The first kappa shape index (κ1) is 17.3. The van der Waals surface area contributed by atoms with E-state index < -0.39 is 0 Å². The van der Waals surface area contributed by atoms with Gasteiger partial charge in [-0.1, -0.05) is 39.0 Å². The highest BCUT2D eigenvalue weighted by Crippen LogP contribution is 2.25. The van der Waals surface area contributed by atoms with Crippen LogP contribution in [-0.2, 0) is 6.42 Å². The molecule has 4 nitrogen and oxygen atoms in total. The number of hydrogen-bond acceptors (Lipinski definition) is 4.